The molecule has 0 aromatic carbocycles. The largest absolute Gasteiger partial charge is 0.316 e. The number of nitrogens with one attached hydrogen (secondary N) is 1. The Balaban J connectivity index is 0.00000120. The van der Waals surface area contributed by atoms with E-state index in [9.17, 15) is 0 Å². The van der Waals surface area contributed by atoms with Gasteiger partial charge in [-0.15, -0.1) is 12.4 Å². The lowest BCUT2D eigenvalue weighted by Gasteiger charge is -2.22. The van der Waals surface area contributed by atoms with Crippen LogP contribution in [0.25, 0.3) is 0 Å². The van der Waals surface area contributed by atoms with Gasteiger partial charge in [-0.05, 0) is 38.3 Å². The molecule has 3 heterocycles. The average Bonchev–Trinajstić information content (AvgIpc) is 3.00. The first-order valence-electron chi connectivity index (χ1n) is 6.59. The van der Waals surface area contributed by atoms with Crippen LogP contribution in [0.15, 0.2) is 6.20 Å². The second-order valence-corrected chi connectivity index (χ2v) is 5.77. The number of hydrogen-bond donors (Lipinski definition) is 1. The third-order valence-corrected chi connectivity index (χ3v) is 4.58. The highest BCUT2D eigenvalue weighted by atomic mass is 35.5. The average molecular weight is 271 g/mol. The number of rotatable bonds is 2. The maximum atomic E-state index is 4.32. The van der Waals surface area contributed by atoms with E-state index in [4.69, 9.17) is 0 Å². The zero-order chi connectivity index (χ0) is 11.9. The number of likely N-dealkylation sites (tertiary alicyclic amines) is 1. The lowest BCUT2D eigenvalue weighted by Crippen LogP contribution is -2.29. The van der Waals surface area contributed by atoms with Gasteiger partial charge in [0.05, 0.1) is 6.20 Å². The van der Waals surface area contributed by atoms with Gasteiger partial charge in [0.2, 0.25) is 0 Å². The Bertz CT molecular complexity index is 409. The minimum absolute atomic E-state index is 0. The first-order valence-corrected chi connectivity index (χ1v) is 6.59. The first kappa shape index (κ1) is 13.8. The standard InChI is InChI=1S/C13H22N4.ClH/c1-11-12(7-15-16(11)2)8-17-6-4-13(10-17)3-5-14-9-13;/h7,14H,3-6,8-10H2,1-2H3;1H. The molecule has 18 heavy (non-hydrogen) atoms. The summed E-state index contributed by atoms with van der Waals surface area (Å²) in [4.78, 5) is 2.59. The second kappa shape index (κ2) is 5.19. The number of nitrogens with zero attached hydrogens (tertiary/aromatic N) is 3. The van der Waals surface area contributed by atoms with Crippen molar-refractivity contribution in [3.63, 3.8) is 0 Å². The lowest BCUT2D eigenvalue weighted by atomic mass is 9.87. The summed E-state index contributed by atoms with van der Waals surface area (Å²) in [6.45, 7) is 8.16. The molecule has 2 aliphatic rings. The summed E-state index contributed by atoms with van der Waals surface area (Å²) in [5.74, 6) is 0. The molecular formula is C13H23ClN4. The molecule has 0 radical (unpaired) electrons. The summed E-state index contributed by atoms with van der Waals surface area (Å²) >= 11 is 0. The maximum Gasteiger partial charge on any atom is 0.0537 e. The van der Waals surface area contributed by atoms with Crippen LogP contribution in [-0.2, 0) is 13.6 Å². The molecular weight excluding hydrogens is 248 g/mol. The molecule has 102 valence electrons. The molecule has 2 saturated heterocycles. The normalized spacial score (nSPS) is 27.9. The summed E-state index contributed by atoms with van der Waals surface area (Å²) in [7, 11) is 2.02. The smallest absolute Gasteiger partial charge is 0.0537 e. The second-order valence-electron chi connectivity index (χ2n) is 5.77. The molecule has 4 nitrogen and oxygen atoms in total. The van der Waals surface area contributed by atoms with Gasteiger partial charge in [0.1, 0.15) is 0 Å². The monoisotopic (exact) mass is 270 g/mol. The molecule has 1 unspecified atom stereocenters. The van der Waals surface area contributed by atoms with Crippen LogP contribution >= 0.6 is 12.4 Å². The topological polar surface area (TPSA) is 33.1 Å². The maximum absolute atomic E-state index is 4.32. The summed E-state index contributed by atoms with van der Waals surface area (Å²) in [6.07, 6.45) is 4.74. The zero-order valence-electron chi connectivity index (χ0n) is 11.3. The van der Waals surface area contributed by atoms with Crippen molar-refractivity contribution in [2.24, 2.45) is 12.5 Å². The third kappa shape index (κ3) is 2.42. The van der Waals surface area contributed by atoms with Crippen molar-refractivity contribution >= 4 is 12.4 Å². The summed E-state index contributed by atoms with van der Waals surface area (Å²) in [5, 5.41) is 7.84. The van der Waals surface area contributed by atoms with Gasteiger partial charge in [0, 0.05) is 37.9 Å². The number of halogens is 1. The molecule has 0 saturated carbocycles. The van der Waals surface area contributed by atoms with E-state index in [-0.39, 0.29) is 12.4 Å². The van der Waals surface area contributed by atoms with Crippen LogP contribution in [0, 0.1) is 12.3 Å². The molecule has 1 N–H and O–H groups in total. The van der Waals surface area contributed by atoms with Crippen molar-refractivity contribution < 1.29 is 0 Å². The Morgan fingerprint density at radius 1 is 1.44 bits per heavy atom. The van der Waals surface area contributed by atoms with Gasteiger partial charge >= 0.3 is 0 Å². The molecule has 0 aliphatic carbocycles. The van der Waals surface area contributed by atoms with Gasteiger partial charge in [0.25, 0.3) is 0 Å². The van der Waals surface area contributed by atoms with Crippen molar-refractivity contribution in [3.8, 4) is 0 Å². The summed E-state index contributed by atoms with van der Waals surface area (Å²) < 4.78 is 1.97. The van der Waals surface area contributed by atoms with Crippen molar-refractivity contribution in [2.75, 3.05) is 26.2 Å². The van der Waals surface area contributed by atoms with E-state index in [1.54, 1.807) is 0 Å². The highest BCUT2D eigenvalue weighted by molar-refractivity contribution is 5.85. The molecule has 1 aromatic heterocycles. The van der Waals surface area contributed by atoms with Gasteiger partial charge < -0.3 is 5.32 Å². The molecule has 3 rings (SSSR count). The van der Waals surface area contributed by atoms with Gasteiger partial charge in [-0.1, -0.05) is 0 Å². The minimum atomic E-state index is 0. The number of aryl methyl sites for hydroxylation is 1. The minimum Gasteiger partial charge on any atom is -0.316 e. The molecule has 0 amide bonds. The third-order valence-electron chi connectivity index (χ3n) is 4.58. The van der Waals surface area contributed by atoms with Crippen LogP contribution in [0.4, 0.5) is 0 Å². The number of aromatic nitrogens is 2. The molecule has 1 spiro atoms. The van der Waals surface area contributed by atoms with Crippen LogP contribution in [0.3, 0.4) is 0 Å². The molecule has 0 bridgehead atoms. The SMILES string of the molecule is Cc1c(CN2CCC3(CCNC3)C2)cnn1C.Cl. The van der Waals surface area contributed by atoms with Crippen LogP contribution in [0.5, 0.6) is 0 Å². The molecule has 5 heteroatoms. The van der Waals surface area contributed by atoms with Crippen LogP contribution in [0.2, 0.25) is 0 Å². The van der Waals surface area contributed by atoms with Crippen LogP contribution < -0.4 is 5.32 Å². The van der Waals surface area contributed by atoms with E-state index in [2.05, 4.69) is 22.2 Å². The molecule has 1 aromatic rings. The molecule has 2 aliphatic heterocycles. The highest BCUT2D eigenvalue weighted by Gasteiger charge is 2.40. The predicted octanol–water partition coefficient (Wildman–Crippen LogP) is 1.34. The Hall–Kier alpha value is -0.580. The summed E-state index contributed by atoms with van der Waals surface area (Å²) in [5.41, 5.74) is 3.27. The zero-order valence-corrected chi connectivity index (χ0v) is 12.1. The van der Waals surface area contributed by atoms with E-state index in [1.165, 1.54) is 50.3 Å². The predicted molar refractivity (Wildman–Crippen MR) is 75.0 cm³/mol. The van der Waals surface area contributed by atoms with Crippen LogP contribution in [-0.4, -0.2) is 40.9 Å². The van der Waals surface area contributed by atoms with Gasteiger partial charge in [-0.2, -0.15) is 5.10 Å². The van der Waals surface area contributed by atoms with Crippen molar-refractivity contribution in [2.45, 2.75) is 26.3 Å². The van der Waals surface area contributed by atoms with Crippen molar-refractivity contribution in [3.05, 3.63) is 17.5 Å². The highest BCUT2D eigenvalue weighted by Crippen LogP contribution is 2.36. The van der Waals surface area contributed by atoms with Crippen LogP contribution in [0.1, 0.15) is 24.1 Å². The first-order chi connectivity index (χ1) is 8.19. The van der Waals surface area contributed by atoms with Crippen molar-refractivity contribution in [1.29, 1.82) is 0 Å². The molecule has 1 atom stereocenters. The van der Waals surface area contributed by atoms with E-state index in [0.717, 1.165) is 6.54 Å². The fourth-order valence-electron chi connectivity index (χ4n) is 3.25. The Labute approximate surface area is 115 Å². The van der Waals surface area contributed by atoms with E-state index < -0.39 is 0 Å². The van der Waals surface area contributed by atoms with E-state index in [0.29, 0.717) is 5.41 Å². The Morgan fingerprint density at radius 3 is 2.89 bits per heavy atom. The lowest BCUT2D eigenvalue weighted by molar-refractivity contribution is 0.268. The van der Waals surface area contributed by atoms with E-state index in [1.807, 2.05) is 17.9 Å². The Kier molecular flexibility index (Phi) is 3.99. The quantitative estimate of drug-likeness (QED) is 0.880. The summed E-state index contributed by atoms with van der Waals surface area (Å²) in [6, 6.07) is 0. The fourth-order valence-corrected chi connectivity index (χ4v) is 3.25. The van der Waals surface area contributed by atoms with Gasteiger partial charge in [0.15, 0.2) is 0 Å². The van der Waals surface area contributed by atoms with E-state index >= 15 is 0 Å². The Morgan fingerprint density at radius 2 is 2.28 bits per heavy atom. The van der Waals surface area contributed by atoms with Gasteiger partial charge in [-0.3, -0.25) is 9.58 Å². The molecule has 2 fully saturated rings. The fraction of sp³-hybridized carbons (Fsp3) is 0.769. The van der Waals surface area contributed by atoms with Crippen molar-refractivity contribution in [1.82, 2.24) is 20.0 Å². The van der Waals surface area contributed by atoms with Gasteiger partial charge in [-0.25, -0.2) is 0 Å². The number of hydrogen-bond acceptors (Lipinski definition) is 3.